The van der Waals surface area contributed by atoms with E-state index < -0.39 is 0 Å². The molecule has 2 unspecified atom stereocenters. The molecule has 1 fully saturated rings. The van der Waals surface area contributed by atoms with Crippen LogP contribution in [0, 0.1) is 23.7 Å². The highest BCUT2D eigenvalue weighted by Gasteiger charge is 2.37. The second-order valence-electron chi connectivity index (χ2n) is 5.77. The smallest absolute Gasteiger partial charge is 0.0295 e. The Morgan fingerprint density at radius 3 is 1.33 bits per heavy atom. The Balaban J connectivity index is 2.80. The third-order valence-corrected chi connectivity index (χ3v) is 3.51. The summed E-state index contributed by atoms with van der Waals surface area (Å²) < 4.78 is 0. The molecule has 0 aliphatic carbocycles. The molecule has 3 nitrogen and oxygen atoms in total. The van der Waals surface area contributed by atoms with E-state index in [0.29, 0.717) is 35.8 Å². The normalized spacial score (nSPS) is 33.0. The molecule has 90 valence electrons. The third-order valence-electron chi connectivity index (χ3n) is 3.51. The first-order valence-corrected chi connectivity index (χ1v) is 6.21. The number of hydrogen-bond acceptors (Lipinski definition) is 3. The average Bonchev–Trinajstić information content (AvgIpc) is 2.16. The molecule has 1 heterocycles. The summed E-state index contributed by atoms with van der Waals surface area (Å²) in [6.07, 6.45) is 0. The lowest BCUT2D eigenvalue weighted by molar-refractivity contribution is 0.0652. The van der Waals surface area contributed by atoms with Crippen molar-refractivity contribution in [3.05, 3.63) is 0 Å². The summed E-state index contributed by atoms with van der Waals surface area (Å²) in [5.74, 6) is 2.71. The van der Waals surface area contributed by atoms with Crippen molar-refractivity contribution >= 4 is 0 Å². The van der Waals surface area contributed by atoms with E-state index in [1.165, 1.54) is 0 Å². The van der Waals surface area contributed by atoms with E-state index in [1.54, 1.807) is 0 Å². The second kappa shape index (κ2) is 5.28. The Hall–Kier alpha value is -0.120. The molecule has 0 radical (unpaired) electrons. The van der Waals surface area contributed by atoms with Gasteiger partial charge >= 0.3 is 0 Å². The fraction of sp³-hybridized carbons (Fsp3) is 1.00. The maximum atomic E-state index is 3.37. The first-order valence-electron chi connectivity index (χ1n) is 6.21. The van der Waals surface area contributed by atoms with E-state index in [2.05, 4.69) is 57.9 Å². The van der Waals surface area contributed by atoms with E-state index in [0.717, 1.165) is 0 Å². The molecule has 0 spiro atoms. The quantitative estimate of drug-likeness (QED) is 0.670. The number of rotatable bonds is 3. The molecule has 1 aliphatic rings. The van der Waals surface area contributed by atoms with Crippen molar-refractivity contribution in [2.75, 3.05) is 0 Å². The molecule has 3 heteroatoms. The van der Waals surface area contributed by atoms with Gasteiger partial charge in [0.2, 0.25) is 0 Å². The average molecular weight is 213 g/mol. The second-order valence-corrected chi connectivity index (χ2v) is 5.77. The molecule has 1 aliphatic heterocycles. The Kier molecular flexibility index (Phi) is 4.56. The highest BCUT2D eigenvalue weighted by atomic mass is 15.6. The fourth-order valence-corrected chi connectivity index (χ4v) is 2.68. The van der Waals surface area contributed by atoms with Crippen LogP contribution in [0.5, 0.6) is 0 Å². The topological polar surface area (TPSA) is 36.1 Å². The summed E-state index contributed by atoms with van der Waals surface area (Å²) in [5.41, 5.74) is 9.88. The molecule has 0 amide bonds. The molecule has 15 heavy (non-hydrogen) atoms. The molecule has 0 aromatic rings. The van der Waals surface area contributed by atoms with Gasteiger partial charge in [0.25, 0.3) is 0 Å². The summed E-state index contributed by atoms with van der Waals surface area (Å²) in [4.78, 5) is 0. The first-order chi connectivity index (χ1) is 6.95. The van der Waals surface area contributed by atoms with Gasteiger partial charge < -0.3 is 0 Å². The summed E-state index contributed by atoms with van der Waals surface area (Å²) in [6, 6.07) is 1.11. The van der Waals surface area contributed by atoms with Gasteiger partial charge in [-0.3, -0.25) is 0 Å². The van der Waals surface area contributed by atoms with Crippen molar-refractivity contribution in [1.82, 2.24) is 16.4 Å². The van der Waals surface area contributed by atoms with Crippen LogP contribution in [0.3, 0.4) is 0 Å². The number of hydrazine groups is 2. The maximum absolute atomic E-state index is 3.37. The minimum Gasteiger partial charge on any atom is -0.241 e. The highest BCUT2D eigenvalue weighted by Crippen LogP contribution is 2.29. The molecule has 0 aromatic carbocycles. The van der Waals surface area contributed by atoms with Crippen LogP contribution in [0.2, 0.25) is 0 Å². The minimum absolute atomic E-state index is 0.554. The van der Waals surface area contributed by atoms with Crippen LogP contribution in [0.25, 0.3) is 0 Å². The minimum atomic E-state index is 0.554. The van der Waals surface area contributed by atoms with Crippen LogP contribution in [0.15, 0.2) is 0 Å². The third kappa shape index (κ3) is 2.92. The van der Waals surface area contributed by atoms with Crippen molar-refractivity contribution in [2.45, 2.75) is 53.6 Å². The monoisotopic (exact) mass is 213 g/mol. The fourth-order valence-electron chi connectivity index (χ4n) is 2.68. The zero-order valence-corrected chi connectivity index (χ0v) is 11.0. The van der Waals surface area contributed by atoms with Crippen molar-refractivity contribution in [3.8, 4) is 0 Å². The lowest BCUT2D eigenvalue weighted by Gasteiger charge is -2.45. The predicted molar refractivity (Wildman–Crippen MR) is 65.0 cm³/mol. The van der Waals surface area contributed by atoms with Gasteiger partial charge in [0, 0.05) is 12.1 Å². The zero-order chi connectivity index (χ0) is 11.6. The van der Waals surface area contributed by atoms with E-state index in [1.807, 2.05) is 0 Å². The Morgan fingerprint density at radius 2 is 1.07 bits per heavy atom. The molecule has 0 bridgehead atoms. The summed E-state index contributed by atoms with van der Waals surface area (Å²) in [5, 5.41) is 0. The molecular weight excluding hydrogens is 186 g/mol. The Bertz CT molecular complexity index is 173. The van der Waals surface area contributed by atoms with Crippen LogP contribution in [-0.4, -0.2) is 12.1 Å². The first kappa shape index (κ1) is 12.9. The number of hydrogen-bond donors (Lipinski definition) is 3. The number of nitrogens with one attached hydrogen (secondary N) is 3. The van der Waals surface area contributed by atoms with Crippen LogP contribution in [0.4, 0.5) is 0 Å². The van der Waals surface area contributed by atoms with E-state index in [9.17, 15) is 0 Å². The van der Waals surface area contributed by atoms with Crippen LogP contribution in [-0.2, 0) is 0 Å². The van der Waals surface area contributed by atoms with Gasteiger partial charge in [0.15, 0.2) is 0 Å². The lowest BCUT2D eigenvalue weighted by Crippen LogP contribution is -2.68. The van der Waals surface area contributed by atoms with Crippen molar-refractivity contribution in [1.29, 1.82) is 0 Å². The standard InChI is InChI=1S/C12H27N3/c1-7(2)10-11(8(3)4)13-15-14-12(10)9(5)6/h7-15H,1-6H3. The summed E-state index contributed by atoms with van der Waals surface area (Å²) >= 11 is 0. The van der Waals surface area contributed by atoms with Gasteiger partial charge in [0.05, 0.1) is 0 Å². The van der Waals surface area contributed by atoms with Crippen molar-refractivity contribution in [2.24, 2.45) is 23.7 Å². The van der Waals surface area contributed by atoms with Crippen molar-refractivity contribution in [3.63, 3.8) is 0 Å². The van der Waals surface area contributed by atoms with Gasteiger partial charge in [-0.05, 0) is 23.7 Å². The molecule has 1 rings (SSSR count). The Labute approximate surface area is 94.3 Å². The SMILES string of the molecule is CC(C)C1NNNC(C(C)C)C1C(C)C. The Morgan fingerprint density at radius 1 is 0.667 bits per heavy atom. The molecular formula is C12H27N3. The van der Waals surface area contributed by atoms with Crippen LogP contribution < -0.4 is 16.4 Å². The molecule has 2 atom stereocenters. The largest absolute Gasteiger partial charge is 0.241 e. The highest BCUT2D eigenvalue weighted by molar-refractivity contribution is 4.92. The molecule has 3 N–H and O–H groups in total. The van der Waals surface area contributed by atoms with Gasteiger partial charge in [0.1, 0.15) is 0 Å². The van der Waals surface area contributed by atoms with Gasteiger partial charge in [-0.15, -0.1) is 0 Å². The van der Waals surface area contributed by atoms with Gasteiger partial charge in [-0.1, -0.05) is 41.5 Å². The van der Waals surface area contributed by atoms with Gasteiger partial charge in [-0.2, -0.15) is 5.53 Å². The summed E-state index contributed by atoms with van der Waals surface area (Å²) in [7, 11) is 0. The van der Waals surface area contributed by atoms with E-state index in [-0.39, 0.29) is 0 Å². The van der Waals surface area contributed by atoms with E-state index in [4.69, 9.17) is 0 Å². The molecule has 1 saturated heterocycles. The van der Waals surface area contributed by atoms with Crippen molar-refractivity contribution < 1.29 is 0 Å². The van der Waals surface area contributed by atoms with E-state index >= 15 is 0 Å². The lowest BCUT2D eigenvalue weighted by atomic mass is 9.74. The summed E-state index contributed by atoms with van der Waals surface area (Å²) in [6.45, 7) is 13.8. The van der Waals surface area contributed by atoms with Crippen LogP contribution in [0.1, 0.15) is 41.5 Å². The van der Waals surface area contributed by atoms with Crippen LogP contribution >= 0.6 is 0 Å². The van der Waals surface area contributed by atoms with Gasteiger partial charge in [-0.25, -0.2) is 10.9 Å². The molecule has 0 saturated carbocycles. The predicted octanol–water partition coefficient (Wildman–Crippen LogP) is 1.92. The maximum Gasteiger partial charge on any atom is 0.0295 e. The zero-order valence-electron chi connectivity index (χ0n) is 11.0. The molecule has 0 aromatic heterocycles.